The summed E-state index contributed by atoms with van der Waals surface area (Å²) in [7, 11) is 1.40. The molecule has 0 aliphatic heterocycles. The van der Waals surface area contributed by atoms with Gasteiger partial charge in [0.15, 0.2) is 11.5 Å². The van der Waals surface area contributed by atoms with Gasteiger partial charge in [-0.2, -0.15) is 0 Å². The Labute approximate surface area is 143 Å². The zero-order chi connectivity index (χ0) is 17.8. The van der Waals surface area contributed by atoms with Gasteiger partial charge in [0, 0.05) is 6.07 Å². The molecule has 3 aromatic rings. The Bertz CT molecular complexity index is 951. The Balaban J connectivity index is 1.79. The summed E-state index contributed by atoms with van der Waals surface area (Å²) >= 11 is 0. The predicted octanol–water partition coefficient (Wildman–Crippen LogP) is 3.90. The Kier molecular flexibility index (Phi) is 4.61. The number of hydrogen-bond donors (Lipinski definition) is 0. The number of nitrogens with zero attached hydrogens (tertiary/aromatic N) is 1. The van der Waals surface area contributed by atoms with Crippen molar-refractivity contribution in [3.63, 3.8) is 0 Å². The summed E-state index contributed by atoms with van der Waals surface area (Å²) in [4.78, 5) is 22.5. The van der Waals surface area contributed by atoms with Crippen LogP contribution in [0.25, 0.3) is 10.8 Å². The zero-order valence-electron chi connectivity index (χ0n) is 13.5. The van der Waals surface area contributed by atoms with Crippen LogP contribution in [0.1, 0.15) is 5.56 Å². The summed E-state index contributed by atoms with van der Waals surface area (Å²) in [6.45, 7) is 0. The van der Waals surface area contributed by atoms with Crippen molar-refractivity contribution in [2.45, 2.75) is 6.42 Å². The largest absolute Gasteiger partial charge is 0.493 e. The standard InChI is InChI=1S/C19H15NO5/c1-24-17-9-8-16(20(22)23)12-18(17)25-19(21)11-13-6-7-14-4-2-3-5-15(14)10-13/h2-10,12H,11H2,1H3. The van der Waals surface area contributed by atoms with Crippen LogP contribution in [0.2, 0.25) is 0 Å². The van der Waals surface area contributed by atoms with Crippen LogP contribution < -0.4 is 9.47 Å². The lowest BCUT2D eigenvalue weighted by molar-refractivity contribution is -0.384. The highest BCUT2D eigenvalue weighted by Gasteiger charge is 2.16. The molecule has 25 heavy (non-hydrogen) atoms. The highest BCUT2D eigenvalue weighted by Crippen LogP contribution is 2.31. The monoisotopic (exact) mass is 337 g/mol. The molecule has 0 amide bonds. The lowest BCUT2D eigenvalue weighted by Crippen LogP contribution is -2.12. The SMILES string of the molecule is COc1ccc([N+](=O)[O-])cc1OC(=O)Cc1ccc2ccccc2c1. The van der Waals surface area contributed by atoms with E-state index >= 15 is 0 Å². The maximum atomic E-state index is 12.2. The first-order valence-corrected chi connectivity index (χ1v) is 7.57. The first-order valence-electron chi connectivity index (χ1n) is 7.57. The Hall–Kier alpha value is -3.41. The number of esters is 1. The van der Waals surface area contributed by atoms with E-state index in [-0.39, 0.29) is 23.6 Å². The van der Waals surface area contributed by atoms with Crippen LogP contribution in [-0.4, -0.2) is 18.0 Å². The second-order valence-electron chi connectivity index (χ2n) is 5.42. The maximum Gasteiger partial charge on any atom is 0.315 e. The maximum absolute atomic E-state index is 12.2. The second-order valence-corrected chi connectivity index (χ2v) is 5.42. The van der Waals surface area contributed by atoms with Crippen molar-refractivity contribution in [2.75, 3.05) is 7.11 Å². The molecule has 0 aliphatic rings. The Morgan fingerprint density at radius 2 is 1.76 bits per heavy atom. The molecule has 0 aromatic heterocycles. The topological polar surface area (TPSA) is 78.7 Å². The van der Waals surface area contributed by atoms with Gasteiger partial charge in [-0.05, 0) is 22.4 Å². The average molecular weight is 337 g/mol. The van der Waals surface area contributed by atoms with Crippen molar-refractivity contribution >= 4 is 22.4 Å². The first-order chi connectivity index (χ1) is 12.1. The van der Waals surface area contributed by atoms with Gasteiger partial charge in [-0.1, -0.05) is 42.5 Å². The van der Waals surface area contributed by atoms with Gasteiger partial charge in [0.1, 0.15) is 0 Å². The molecule has 3 aromatic carbocycles. The third-order valence-corrected chi connectivity index (χ3v) is 3.74. The lowest BCUT2D eigenvalue weighted by Gasteiger charge is -2.09. The van der Waals surface area contributed by atoms with Gasteiger partial charge >= 0.3 is 5.97 Å². The van der Waals surface area contributed by atoms with E-state index in [1.807, 2.05) is 42.5 Å². The minimum atomic E-state index is -0.555. The van der Waals surface area contributed by atoms with Crippen molar-refractivity contribution in [1.29, 1.82) is 0 Å². The molecule has 0 aliphatic carbocycles. The van der Waals surface area contributed by atoms with Gasteiger partial charge in [-0.15, -0.1) is 0 Å². The summed E-state index contributed by atoms with van der Waals surface area (Å²) in [5, 5.41) is 13.0. The smallest absolute Gasteiger partial charge is 0.315 e. The third kappa shape index (κ3) is 3.74. The number of nitro groups is 1. The van der Waals surface area contributed by atoms with Crippen LogP contribution in [0.5, 0.6) is 11.5 Å². The highest BCUT2D eigenvalue weighted by atomic mass is 16.6. The van der Waals surface area contributed by atoms with Gasteiger partial charge < -0.3 is 9.47 Å². The van der Waals surface area contributed by atoms with Gasteiger partial charge in [-0.3, -0.25) is 14.9 Å². The van der Waals surface area contributed by atoms with Crippen molar-refractivity contribution in [3.05, 3.63) is 76.3 Å². The van der Waals surface area contributed by atoms with E-state index in [0.717, 1.165) is 16.3 Å². The number of hydrogen-bond acceptors (Lipinski definition) is 5. The molecule has 6 nitrogen and oxygen atoms in total. The number of non-ortho nitro benzene ring substituents is 1. The van der Waals surface area contributed by atoms with Crippen molar-refractivity contribution < 1.29 is 19.2 Å². The molecule has 6 heteroatoms. The normalized spacial score (nSPS) is 10.4. The molecule has 0 spiro atoms. The van der Waals surface area contributed by atoms with Gasteiger partial charge in [0.2, 0.25) is 0 Å². The fourth-order valence-corrected chi connectivity index (χ4v) is 2.53. The number of carbonyl (C=O) groups excluding carboxylic acids is 1. The van der Waals surface area contributed by atoms with Crippen LogP contribution in [0, 0.1) is 10.1 Å². The molecule has 126 valence electrons. The Morgan fingerprint density at radius 1 is 1.00 bits per heavy atom. The molecule has 0 saturated carbocycles. The summed E-state index contributed by atoms with van der Waals surface area (Å²) in [5.41, 5.74) is 0.627. The molecule has 0 bridgehead atoms. The van der Waals surface area contributed by atoms with Crippen LogP contribution in [-0.2, 0) is 11.2 Å². The van der Waals surface area contributed by atoms with Crippen LogP contribution in [0.3, 0.4) is 0 Å². The molecule has 3 rings (SSSR count). The minimum Gasteiger partial charge on any atom is -0.493 e. The van der Waals surface area contributed by atoms with Crippen LogP contribution in [0.4, 0.5) is 5.69 Å². The number of benzene rings is 3. The molecule has 0 atom stereocenters. The summed E-state index contributed by atoms with van der Waals surface area (Å²) < 4.78 is 10.4. The molecule has 0 saturated heterocycles. The Morgan fingerprint density at radius 3 is 2.48 bits per heavy atom. The summed E-state index contributed by atoms with van der Waals surface area (Å²) in [5.74, 6) is -0.228. The quantitative estimate of drug-likeness (QED) is 0.305. The molecule has 0 N–H and O–H groups in total. The van der Waals surface area contributed by atoms with Crippen molar-refractivity contribution in [1.82, 2.24) is 0 Å². The summed E-state index contributed by atoms with van der Waals surface area (Å²) in [6.07, 6.45) is 0.0523. The second kappa shape index (κ2) is 7.00. The van der Waals surface area contributed by atoms with E-state index in [2.05, 4.69) is 0 Å². The zero-order valence-corrected chi connectivity index (χ0v) is 13.5. The number of methoxy groups -OCH3 is 1. The van der Waals surface area contributed by atoms with E-state index in [1.165, 1.54) is 25.3 Å². The number of rotatable bonds is 5. The van der Waals surface area contributed by atoms with Crippen molar-refractivity contribution in [2.24, 2.45) is 0 Å². The van der Waals surface area contributed by atoms with Gasteiger partial charge in [0.25, 0.3) is 5.69 Å². The van der Waals surface area contributed by atoms with E-state index in [0.29, 0.717) is 0 Å². The number of ether oxygens (including phenoxy) is 2. The molecule has 0 fully saturated rings. The molecule has 0 unspecified atom stereocenters. The van der Waals surface area contributed by atoms with E-state index in [4.69, 9.17) is 9.47 Å². The summed E-state index contributed by atoms with van der Waals surface area (Å²) in [6, 6.07) is 17.4. The fourth-order valence-electron chi connectivity index (χ4n) is 2.53. The van der Waals surface area contributed by atoms with Crippen molar-refractivity contribution in [3.8, 4) is 11.5 Å². The molecular formula is C19H15NO5. The minimum absolute atomic E-state index is 0.0301. The van der Waals surface area contributed by atoms with Crippen LogP contribution >= 0.6 is 0 Å². The number of fused-ring (bicyclic) bond motifs is 1. The lowest BCUT2D eigenvalue weighted by atomic mass is 10.1. The molecular weight excluding hydrogens is 322 g/mol. The number of nitro benzene ring substituents is 1. The number of carbonyl (C=O) groups is 1. The van der Waals surface area contributed by atoms with E-state index in [1.54, 1.807) is 0 Å². The highest BCUT2D eigenvalue weighted by molar-refractivity contribution is 5.84. The predicted molar refractivity (Wildman–Crippen MR) is 92.9 cm³/mol. The average Bonchev–Trinajstić information content (AvgIpc) is 2.61. The van der Waals surface area contributed by atoms with E-state index in [9.17, 15) is 14.9 Å². The van der Waals surface area contributed by atoms with E-state index < -0.39 is 10.9 Å². The van der Waals surface area contributed by atoms with Gasteiger partial charge in [0.05, 0.1) is 24.5 Å². The first kappa shape index (κ1) is 16.4. The fraction of sp³-hybridized carbons (Fsp3) is 0.105. The van der Waals surface area contributed by atoms with Gasteiger partial charge in [-0.25, -0.2) is 0 Å². The molecule has 0 radical (unpaired) electrons. The third-order valence-electron chi connectivity index (χ3n) is 3.74. The molecule has 0 heterocycles. The van der Waals surface area contributed by atoms with Crippen LogP contribution in [0.15, 0.2) is 60.7 Å².